The molecular formula is C14H18FNO5. The first-order valence-corrected chi connectivity index (χ1v) is 6.31. The highest BCUT2D eigenvalue weighted by Crippen LogP contribution is 2.32. The largest absolute Gasteiger partial charge is 0.493 e. The quantitative estimate of drug-likeness (QED) is 0.800. The summed E-state index contributed by atoms with van der Waals surface area (Å²) in [6.45, 7) is 1.79. The highest BCUT2D eigenvalue weighted by Gasteiger charge is 2.22. The van der Waals surface area contributed by atoms with Crippen LogP contribution in [0.4, 0.5) is 4.39 Å². The van der Waals surface area contributed by atoms with E-state index in [4.69, 9.17) is 14.6 Å². The molecule has 0 fully saturated rings. The Morgan fingerprint density at radius 1 is 1.33 bits per heavy atom. The van der Waals surface area contributed by atoms with E-state index in [-0.39, 0.29) is 35.9 Å². The lowest BCUT2D eigenvalue weighted by Gasteiger charge is -2.15. The molecule has 21 heavy (non-hydrogen) atoms. The molecule has 1 unspecified atom stereocenters. The maximum absolute atomic E-state index is 13.8. The normalized spacial score (nSPS) is 11.6. The van der Waals surface area contributed by atoms with Crippen molar-refractivity contribution in [2.75, 3.05) is 20.8 Å². The number of rotatable bonds is 7. The van der Waals surface area contributed by atoms with Crippen molar-refractivity contribution in [1.82, 2.24) is 5.32 Å². The van der Waals surface area contributed by atoms with E-state index in [1.54, 1.807) is 6.92 Å². The summed E-state index contributed by atoms with van der Waals surface area (Å²) < 4.78 is 23.9. The highest BCUT2D eigenvalue weighted by molar-refractivity contribution is 5.98. The summed E-state index contributed by atoms with van der Waals surface area (Å²) in [5.74, 6) is -2.41. The van der Waals surface area contributed by atoms with Gasteiger partial charge in [0.2, 0.25) is 0 Å². The molecule has 0 bridgehead atoms. The number of aliphatic carboxylic acids is 1. The minimum Gasteiger partial charge on any atom is -0.493 e. The number of carboxylic acids is 1. The third kappa shape index (κ3) is 4.34. The summed E-state index contributed by atoms with van der Waals surface area (Å²) in [5.41, 5.74) is -0.264. The van der Waals surface area contributed by atoms with Gasteiger partial charge in [-0.3, -0.25) is 9.59 Å². The average Bonchev–Trinajstić information content (AvgIpc) is 2.43. The first kappa shape index (κ1) is 16.7. The molecule has 0 saturated carbocycles. The Hall–Kier alpha value is -2.31. The van der Waals surface area contributed by atoms with Crippen LogP contribution in [-0.2, 0) is 4.79 Å². The Labute approximate surface area is 121 Å². The SMILES string of the molecule is COc1ccc(F)c(C(=O)NCC(C)CC(=O)O)c1OC. The van der Waals surface area contributed by atoms with Crippen LogP contribution in [0.5, 0.6) is 11.5 Å². The monoisotopic (exact) mass is 299 g/mol. The lowest BCUT2D eigenvalue weighted by Crippen LogP contribution is -2.30. The van der Waals surface area contributed by atoms with Crippen molar-refractivity contribution < 1.29 is 28.6 Å². The second-order valence-electron chi connectivity index (χ2n) is 4.57. The van der Waals surface area contributed by atoms with E-state index in [0.717, 1.165) is 6.07 Å². The zero-order valence-electron chi connectivity index (χ0n) is 12.1. The molecule has 7 heteroatoms. The van der Waals surface area contributed by atoms with Crippen LogP contribution in [0, 0.1) is 11.7 Å². The second kappa shape index (κ2) is 7.47. The maximum Gasteiger partial charge on any atom is 0.303 e. The van der Waals surface area contributed by atoms with Gasteiger partial charge in [-0.05, 0) is 18.1 Å². The van der Waals surface area contributed by atoms with E-state index >= 15 is 0 Å². The van der Waals surface area contributed by atoms with Crippen molar-refractivity contribution in [3.8, 4) is 11.5 Å². The number of methoxy groups -OCH3 is 2. The molecule has 0 aliphatic rings. The van der Waals surface area contributed by atoms with E-state index in [2.05, 4.69) is 5.32 Å². The van der Waals surface area contributed by atoms with Crippen molar-refractivity contribution in [3.05, 3.63) is 23.5 Å². The van der Waals surface area contributed by atoms with Crippen LogP contribution in [0.15, 0.2) is 12.1 Å². The molecule has 2 N–H and O–H groups in total. The number of halogens is 1. The number of carboxylic acid groups (broad SMARTS) is 1. The summed E-state index contributed by atoms with van der Waals surface area (Å²) in [7, 11) is 2.69. The fourth-order valence-electron chi connectivity index (χ4n) is 1.84. The number of hydrogen-bond acceptors (Lipinski definition) is 4. The Balaban J connectivity index is 2.89. The summed E-state index contributed by atoms with van der Waals surface area (Å²) in [4.78, 5) is 22.6. The number of hydrogen-bond donors (Lipinski definition) is 2. The second-order valence-corrected chi connectivity index (χ2v) is 4.57. The van der Waals surface area contributed by atoms with Gasteiger partial charge in [-0.1, -0.05) is 6.92 Å². The van der Waals surface area contributed by atoms with E-state index in [1.807, 2.05) is 0 Å². The van der Waals surface area contributed by atoms with Crippen molar-refractivity contribution in [1.29, 1.82) is 0 Å². The first-order valence-electron chi connectivity index (χ1n) is 6.31. The molecule has 1 amide bonds. The van der Waals surface area contributed by atoms with Crippen LogP contribution < -0.4 is 14.8 Å². The fraction of sp³-hybridized carbons (Fsp3) is 0.429. The lowest BCUT2D eigenvalue weighted by molar-refractivity contribution is -0.137. The molecule has 0 aromatic heterocycles. The zero-order valence-corrected chi connectivity index (χ0v) is 12.1. The summed E-state index contributed by atoms with van der Waals surface area (Å²) >= 11 is 0. The molecule has 0 radical (unpaired) electrons. The zero-order chi connectivity index (χ0) is 16.0. The van der Waals surface area contributed by atoms with Gasteiger partial charge >= 0.3 is 5.97 Å². The summed E-state index contributed by atoms with van der Waals surface area (Å²) in [6.07, 6.45) is -0.0853. The third-order valence-electron chi connectivity index (χ3n) is 2.86. The Kier molecular flexibility index (Phi) is 5.95. The number of carbonyl (C=O) groups is 2. The number of nitrogens with one attached hydrogen (secondary N) is 1. The molecule has 0 saturated heterocycles. The van der Waals surface area contributed by atoms with E-state index in [0.29, 0.717) is 0 Å². The molecule has 1 aromatic rings. The van der Waals surface area contributed by atoms with Crippen LogP contribution in [0.25, 0.3) is 0 Å². The summed E-state index contributed by atoms with van der Waals surface area (Å²) in [5, 5.41) is 11.1. The van der Waals surface area contributed by atoms with Gasteiger partial charge in [0, 0.05) is 13.0 Å². The van der Waals surface area contributed by atoms with Gasteiger partial charge in [-0.15, -0.1) is 0 Å². The Bertz CT molecular complexity index is 532. The van der Waals surface area contributed by atoms with Crippen LogP contribution >= 0.6 is 0 Å². The molecule has 0 aliphatic heterocycles. The maximum atomic E-state index is 13.8. The molecule has 0 heterocycles. The van der Waals surface area contributed by atoms with Gasteiger partial charge in [0.15, 0.2) is 11.5 Å². The van der Waals surface area contributed by atoms with Gasteiger partial charge < -0.3 is 19.9 Å². The number of amides is 1. The number of ether oxygens (including phenoxy) is 2. The average molecular weight is 299 g/mol. The predicted octanol–water partition coefficient (Wildman–Crippen LogP) is 1.68. The van der Waals surface area contributed by atoms with Gasteiger partial charge in [0.1, 0.15) is 11.4 Å². The van der Waals surface area contributed by atoms with Gasteiger partial charge in [-0.2, -0.15) is 0 Å². The molecule has 1 atom stereocenters. The number of benzene rings is 1. The predicted molar refractivity (Wildman–Crippen MR) is 73.3 cm³/mol. The van der Waals surface area contributed by atoms with Crippen LogP contribution in [0.1, 0.15) is 23.7 Å². The van der Waals surface area contributed by atoms with Gasteiger partial charge in [-0.25, -0.2) is 4.39 Å². The number of carbonyl (C=O) groups excluding carboxylic acids is 1. The van der Waals surface area contributed by atoms with Gasteiger partial charge in [0.25, 0.3) is 5.91 Å². The molecule has 0 aliphatic carbocycles. The molecule has 1 rings (SSSR count). The van der Waals surface area contributed by atoms with Crippen LogP contribution in [-0.4, -0.2) is 37.7 Å². The van der Waals surface area contributed by atoms with Gasteiger partial charge in [0.05, 0.1) is 14.2 Å². The lowest BCUT2D eigenvalue weighted by atomic mass is 10.1. The molecule has 6 nitrogen and oxygen atoms in total. The molecule has 0 spiro atoms. The standard InChI is InChI=1S/C14H18FNO5/c1-8(6-11(17)18)7-16-14(19)12-9(15)4-5-10(20-2)13(12)21-3/h4-5,8H,6-7H2,1-3H3,(H,16,19)(H,17,18). The Morgan fingerprint density at radius 2 is 2.00 bits per heavy atom. The van der Waals surface area contributed by atoms with Crippen LogP contribution in [0.2, 0.25) is 0 Å². The van der Waals surface area contributed by atoms with E-state index in [1.165, 1.54) is 20.3 Å². The van der Waals surface area contributed by atoms with Crippen molar-refractivity contribution >= 4 is 11.9 Å². The van der Waals surface area contributed by atoms with Crippen LogP contribution in [0.3, 0.4) is 0 Å². The minimum atomic E-state index is -0.957. The van der Waals surface area contributed by atoms with Crippen molar-refractivity contribution in [2.45, 2.75) is 13.3 Å². The molecular weight excluding hydrogens is 281 g/mol. The highest BCUT2D eigenvalue weighted by atomic mass is 19.1. The third-order valence-corrected chi connectivity index (χ3v) is 2.86. The van der Waals surface area contributed by atoms with E-state index in [9.17, 15) is 14.0 Å². The molecule has 1 aromatic carbocycles. The topological polar surface area (TPSA) is 84.9 Å². The minimum absolute atomic E-state index is 0.000822. The summed E-state index contributed by atoms with van der Waals surface area (Å²) in [6, 6.07) is 2.47. The van der Waals surface area contributed by atoms with Crippen molar-refractivity contribution in [2.24, 2.45) is 5.92 Å². The van der Waals surface area contributed by atoms with E-state index < -0.39 is 17.7 Å². The smallest absolute Gasteiger partial charge is 0.303 e. The Morgan fingerprint density at radius 3 is 2.52 bits per heavy atom. The fourth-order valence-corrected chi connectivity index (χ4v) is 1.84. The van der Waals surface area contributed by atoms with Crippen molar-refractivity contribution in [3.63, 3.8) is 0 Å². The molecule has 116 valence electrons. The first-order chi connectivity index (χ1) is 9.90.